The molecule has 0 unspecified atom stereocenters. The molecule has 0 radical (unpaired) electrons. The summed E-state index contributed by atoms with van der Waals surface area (Å²) in [7, 11) is 3.13. The van der Waals surface area contributed by atoms with Crippen molar-refractivity contribution < 1.29 is 23.8 Å². The second kappa shape index (κ2) is 7.86. The first kappa shape index (κ1) is 19.0. The number of rotatable bonds is 5. The molecule has 0 amide bonds. The van der Waals surface area contributed by atoms with Crippen molar-refractivity contribution in [2.45, 2.75) is 39.0 Å². The maximum Gasteiger partial charge on any atom is 0.336 e. The molecule has 0 aromatic heterocycles. The molecule has 1 atom stereocenters. The zero-order valence-electron chi connectivity index (χ0n) is 16.2. The highest BCUT2D eigenvalue weighted by Crippen LogP contribution is 2.44. The average Bonchev–Trinajstić information content (AvgIpc) is 2.66. The predicted octanol–water partition coefficient (Wildman–Crippen LogP) is 3.23. The van der Waals surface area contributed by atoms with Gasteiger partial charge in [0, 0.05) is 29.3 Å². The zero-order chi connectivity index (χ0) is 19.6. The fraction of sp³-hybridized carbons (Fsp3) is 0.429. The number of carbonyl (C=O) groups is 2. The molecule has 0 spiro atoms. The van der Waals surface area contributed by atoms with E-state index in [1.165, 1.54) is 0 Å². The van der Waals surface area contributed by atoms with Gasteiger partial charge in [0.25, 0.3) is 0 Å². The summed E-state index contributed by atoms with van der Waals surface area (Å²) in [5.41, 5.74) is 3.55. The maximum absolute atomic E-state index is 12.8. The van der Waals surface area contributed by atoms with E-state index in [-0.39, 0.29) is 12.4 Å². The largest absolute Gasteiger partial charge is 0.493 e. The number of methoxy groups -OCH3 is 2. The van der Waals surface area contributed by atoms with Crippen LogP contribution in [0.4, 0.5) is 0 Å². The van der Waals surface area contributed by atoms with Gasteiger partial charge in [0.2, 0.25) is 0 Å². The van der Waals surface area contributed by atoms with E-state index in [0.717, 1.165) is 29.8 Å². The third kappa shape index (κ3) is 3.44. The van der Waals surface area contributed by atoms with Gasteiger partial charge in [-0.15, -0.1) is 0 Å². The van der Waals surface area contributed by atoms with Crippen LogP contribution in [0.3, 0.4) is 0 Å². The van der Waals surface area contributed by atoms with E-state index in [4.69, 9.17) is 14.2 Å². The Labute approximate surface area is 159 Å². The van der Waals surface area contributed by atoms with Crippen molar-refractivity contribution in [1.82, 2.24) is 5.32 Å². The normalized spacial score (nSPS) is 19.4. The second-order valence-electron chi connectivity index (χ2n) is 6.60. The number of allylic oxidation sites excluding steroid dienone is 3. The van der Waals surface area contributed by atoms with Crippen molar-refractivity contribution in [2.24, 2.45) is 0 Å². The van der Waals surface area contributed by atoms with E-state index >= 15 is 0 Å². The van der Waals surface area contributed by atoms with E-state index < -0.39 is 11.9 Å². The minimum absolute atomic E-state index is 0.0674. The van der Waals surface area contributed by atoms with E-state index in [9.17, 15) is 9.59 Å². The van der Waals surface area contributed by atoms with Gasteiger partial charge in [0.15, 0.2) is 17.3 Å². The smallest absolute Gasteiger partial charge is 0.336 e. The van der Waals surface area contributed by atoms with Gasteiger partial charge in [0.1, 0.15) is 0 Å². The molecule has 144 valence electrons. The fourth-order valence-electron chi connectivity index (χ4n) is 3.83. The van der Waals surface area contributed by atoms with Gasteiger partial charge < -0.3 is 19.5 Å². The standard InChI is InChI=1S/C21H25NO5/c1-5-27-21(24)18-12(2)22-14-7-6-8-15(23)20(14)19(18)13-9-10-16(25-3)17(11-13)26-4/h9-11,19,22H,5-8H2,1-4H3/t19-/m1/s1. The molecule has 6 nitrogen and oxygen atoms in total. The van der Waals surface area contributed by atoms with Gasteiger partial charge in [-0.25, -0.2) is 4.79 Å². The molecular weight excluding hydrogens is 346 g/mol. The van der Waals surface area contributed by atoms with Gasteiger partial charge in [-0.05, 0) is 44.4 Å². The third-order valence-electron chi connectivity index (χ3n) is 5.01. The summed E-state index contributed by atoms with van der Waals surface area (Å²) >= 11 is 0. The minimum Gasteiger partial charge on any atom is -0.493 e. The Kier molecular flexibility index (Phi) is 5.54. The monoisotopic (exact) mass is 371 g/mol. The number of ether oxygens (including phenoxy) is 3. The van der Waals surface area contributed by atoms with Crippen LogP contribution in [0, 0.1) is 0 Å². The number of hydrogen-bond donors (Lipinski definition) is 1. The Morgan fingerprint density at radius 2 is 1.93 bits per heavy atom. The summed E-state index contributed by atoms with van der Waals surface area (Å²) in [6, 6.07) is 5.49. The molecule has 3 rings (SSSR count). The van der Waals surface area contributed by atoms with Crippen LogP contribution in [0.1, 0.15) is 44.6 Å². The number of dihydropyridines is 1. The third-order valence-corrected chi connectivity index (χ3v) is 5.01. The van der Waals surface area contributed by atoms with Gasteiger partial charge in [0.05, 0.1) is 26.4 Å². The molecule has 0 fully saturated rings. The number of hydrogen-bond acceptors (Lipinski definition) is 6. The molecule has 0 saturated carbocycles. The molecule has 6 heteroatoms. The molecule has 1 aliphatic heterocycles. The molecule has 1 heterocycles. The first-order chi connectivity index (χ1) is 13.0. The second-order valence-corrected chi connectivity index (χ2v) is 6.60. The number of ketones is 1. The van der Waals surface area contributed by atoms with E-state index in [2.05, 4.69) is 5.32 Å². The van der Waals surface area contributed by atoms with Crippen molar-refractivity contribution in [2.75, 3.05) is 20.8 Å². The summed E-state index contributed by atoms with van der Waals surface area (Å²) in [6.45, 7) is 3.89. The van der Waals surface area contributed by atoms with Gasteiger partial charge in [-0.3, -0.25) is 4.79 Å². The number of nitrogens with one attached hydrogen (secondary N) is 1. The summed E-state index contributed by atoms with van der Waals surface area (Å²) < 4.78 is 16.0. The SMILES string of the molecule is CCOC(=O)C1=C(C)NC2=C(C(=O)CCC2)[C@@H]1c1ccc(OC)c(OC)c1. The molecule has 1 aromatic carbocycles. The number of carbonyl (C=O) groups excluding carboxylic acids is 2. The van der Waals surface area contributed by atoms with E-state index in [1.54, 1.807) is 27.2 Å². The number of esters is 1. The van der Waals surface area contributed by atoms with Gasteiger partial charge in [-0.1, -0.05) is 6.07 Å². The van der Waals surface area contributed by atoms with Crippen LogP contribution in [-0.4, -0.2) is 32.6 Å². The number of benzene rings is 1. The Hall–Kier alpha value is -2.76. The lowest BCUT2D eigenvalue weighted by Crippen LogP contribution is -2.34. The first-order valence-electron chi connectivity index (χ1n) is 9.14. The molecule has 0 saturated heterocycles. The van der Waals surface area contributed by atoms with Crippen LogP contribution < -0.4 is 14.8 Å². The van der Waals surface area contributed by atoms with Gasteiger partial charge >= 0.3 is 5.97 Å². The van der Waals surface area contributed by atoms with Crippen molar-refractivity contribution in [1.29, 1.82) is 0 Å². The Morgan fingerprint density at radius 1 is 1.19 bits per heavy atom. The van der Waals surface area contributed by atoms with E-state index in [0.29, 0.717) is 29.1 Å². The first-order valence-corrected chi connectivity index (χ1v) is 9.14. The van der Waals surface area contributed by atoms with Gasteiger partial charge in [-0.2, -0.15) is 0 Å². The summed E-state index contributed by atoms with van der Waals surface area (Å²) in [5, 5.41) is 3.27. The molecule has 1 aliphatic carbocycles. The maximum atomic E-state index is 12.8. The molecule has 0 bridgehead atoms. The van der Waals surface area contributed by atoms with Crippen molar-refractivity contribution in [3.8, 4) is 11.5 Å². The summed E-state index contributed by atoms with van der Waals surface area (Å²) in [4.78, 5) is 25.5. The van der Waals surface area contributed by atoms with E-state index in [1.807, 2.05) is 19.1 Å². The summed E-state index contributed by atoms with van der Waals surface area (Å²) in [5.74, 6) is 0.329. The highest BCUT2D eigenvalue weighted by molar-refractivity contribution is 6.03. The van der Waals surface area contributed by atoms with Crippen molar-refractivity contribution >= 4 is 11.8 Å². The fourth-order valence-corrected chi connectivity index (χ4v) is 3.83. The topological polar surface area (TPSA) is 73.9 Å². The summed E-state index contributed by atoms with van der Waals surface area (Å²) in [6.07, 6.45) is 2.09. The number of Topliss-reactive ketones (excluding diaryl/α,β-unsaturated/α-hetero) is 1. The van der Waals surface area contributed by atoms with Crippen LogP contribution >= 0.6 is 0 Å². The molecule has 1 N–H and O–H groups in total. The average molecular weight is 371 g/mol. The molecule has 2 aliphatic rings. The lowest BCUT2D eigenvalue weighted by atomic mass is 9.75. The molecular formula is C21H25NO5. The lowest BCUT2D eigenvalue weighted by Gasteiger charge is -2.34. The Morgan fingerprint density at radius 3 is 2.59 bits per heavy atom. The van der Waals surface area contributed by atoms with Crippen LogP contribution in [-0.2, 0) is 14.3 Å². The van der Waals surface area contributed by atoms with Crippen molar-refractivity contribution in [3.05, 3.63) is 46.3 Å². The minimum atomic E-state index is -0.479. The molecule has 27 heavy (non-hydrogen) atoms. The van der Waals surface area contributed by atoms with Crippen LogP contribution in [0.15, 0.2) is 40.7 Å². The predicted molar refractivity (Wildman–Crippen MR) is 101 cm³/mol. The van der Waals surface area contributed by atoms with Crippen LogP contribution in [0.5, 0.6) is 11.5 Å². The highest BCUT2D eigenvalue weighted by atomic mass is 16.5. The Bertz CT molecular complexity index is 837. The highest BCUT2D eigenvalue weighted by Gasteiger charge is 2.39. The van der Waals surface area contributed by atoms with Crippen molar-refractivity contribution in [3.63, 3.8) is 0 Å². The quantitative estimate of drug-likeness (QED) is 0.801. The zero-order valence-corrected chi connectivity index (χ0v) is 16.2. The Balaban J connectivity index is 2.18. The van der Waals surface area contributed by atoms with Crippen LogP contribution in [0.25, 0.3) is 0 Å². The lowest BCUT2D eigenvalue weighted by molar-refractivity contribution is -0.138. The molecule has 1 aromatic rings. The van der Waals surface area contributed by atoms with Crippen LogP contribution in [0.2, 0.25) is 0 Å².